The van der Waals surface area contributed by atoms with E-state index in [-0.39, 0.29) is 18.9 Å². The fourth-order valence-electron chi connectivity index (χ4n) is 4.20. The second-order valence-corrected chi connectivity index (χ2v) is 12.4. The number of anilines is 2. The molecule has 0 saturated carbocycles. The largest absolute Gasteiger partial charge is 0.497 e. The van der Waals surface area contributed by atoms with Gasteiger partial charge in [0.2, 0.25) is 5.95 Å². The van der Waals surface area contributed by atoms with Gasteiger partial charge in [0.15, 0.2) is 17.0 Å². The summed E-state index contributed by atoms with van der Waals surface area (Å²) >= 11 is 0. The number of ether oxygens (including phenoxy) is 2. The van der Waals surface area contributed by atoms with Crippen molar-refractivity contribution in [2.75, 3.05) is 37.2 Å². The van der Waals surface area contributed by atoms with Crippen LogP contribution in [0.5, 0.6) is 5.75 Å². The minimum atomic E-state index is -3.62. The third-order valence-electron chi connectivity index (χ3n) is 6.25. The molecule has 0 aliphatic carbocycles. The van der Waals surface area contributed by atoms with Gasteiger partial charge in [-0.15, -0.1) is 6.58 Å². The Morgan fingerprint density at radius 1 is 1.12 bits per heavy atom. The Morgan fingerprint density at radius 3 is 2.53 bits per heavy atom. The topological polar surface area (TPSA) is 138 Å². The average Bonchev–Trinajstić information content (AvgIpc) is 3.40. The normalized spacial score (nSPS) is 13.4. The maximum Gasteiger partial charge on any atom is 0.342 e. The van der Waals surface area contributed by atoms with Gasteiger partial charge >= 0.3 is 7.52 Å². The predicted octanol–water partition coefficient (Wildman–Crippen LogP) is 5.64. The molecule has 2 unspecified atom stereocenters. The highest BCUT2D eigenvalue weighted by molar-refractivity contribution is 7.57. The number of hydrogen-bond donors (Lipinski definition) is 3. The van der Waals surface area contributed by atoms with Crippen LogP contribution in [0.15, 0.2) is 92.0 Å². The Morgan fingerprint density at radius 2 is 1.84 bits per heavy atom. The van der Waals surface area contributed by atoms with Crippen molar-refractivity contribution in [1.29, 1.82) is 0 Å². The number of hydrogen-bond acceptors (Lipinski definition) is 9. The molecule has 0 bridgehead atoms. The van der Waals surface area contributed by atoms with Gasteiger partial charge in [0.25, 0.3) is 0 Å². The first-order valence-electron chi connectivity index (χ1n) is 14.1. The van der Waals surface area contributed by atoms with E-state index >= 15 is 0 Å². The fraction of sp³-hybridized carbons (Fsp3) is 0.323. The molecule has 0 fully saturated rings. The van der Waals surface area contributed by atoms with Crippen molar-refractivity contribution in [3.63, 3.8) is 0 Å². The van der Waals surface area contributed by atoms with Crippen LogP contribution >= 0.6 is 7.52 Å². The van der Waals surface area contributed by atoms with Crippen molar-refractivity contribution in [1.82, 2.24) is 24.6 Å². The molecular formula is C31H40N7O4P. The molecular weight excluding hydrogens is 565 g/mol. The minimum Gasteiger partial charge on any atom is -0.497 e. The number of benzene rings is 2. The Bertz CT molecular complexity index is 1530. The van der Waals surface area contributed by atoms with E-state index in [1.54, 1.807) is 24.5 Å². The first-order valence-corrected chi connectivity index (χ1v) is 15.9. The van der Waals surface area contributed by atoms with Crippen LogP contribution in [0.4, 0.5) is 11.8 Å². The van der Waals surface area contributed by atoms with Crippen LogP contribution in [-0.2, 0) is 27.0 Å². The van der Waals surface area contributed by atoms with E-state index in [1.165, 1.54) is 0 Å². The van der Waals surface area contributed by atoms with Crippen LogP contribution < -0.4 is 20.7 Å². The van der Waals surface area contributed by atoms with E-state index in [4.69, 9.17) is 19.7 Å². The number of aromatic nitrogens is 4. The molecule has 228 valence electrons. The van der Waals surface area contributed by atoms with Crippen molar-refractivity contribution in [3.8, 4) is 5.75 Å². The minimum absolute atomic E-state index is 0.121. The quantitative estimate of drug-likeness (QED) is 0.0565. The van der Waals surface area contributed by atoms with E-state index in [1.807, 2.05) is 53.1 Å². The molecule has 0 amide bonds. The molecule has 4 N–H and O–H groups in total. The maximum absolute atomic E-state index is 14.4. The molecule has 43 heavy (non-hydrogen) atoms. The zero-order valence-electron chi connectivity index (χ0n) is 24.7. The molecule has 2 heterocycles. The smallest absolute Gasteiger partial charge is 0.342 e. The lowest BCUT2D eigenvalue weighted by atomic mass is 10.1. The number of fused-ring (bicyclic) bond motifs is 1. The predicted molar refractivity (Wildman–Crippen MR) is 171 cm³/mol. The van der Waals surface area contributed by atoms with Gasteiger partial charge in [-0.3, -0.25) is 4.57 Å². The summed E-state index contributed by atoms with van der Waals surface area (Å²) in [6, 6.07) is 18.4. The van der Waals surface area contributed by atoms with Crippen molar-refractivity contribution in [3.05, 3.63) is 97.5 Å². The summed E-state index contributed by atoms with van der Waals surface area (Å²) in [5.74, 6) is 1.89. The van der Waals surface area contributed by atoms with E-state index in [2.05, 4.69) is 52.4 Å². The number of nitrogens with one attached hydrogen (secondary N) is 2. The summed E-state index contributed by atoms with van der Waals surface area (Å²) in [7, 11) is -3.62. The zero-order chi connectivity index (χ0) is 30.7. The van der Waals surface area contributed by atoms with E-state index in [0.29, 0.717) is 60.5 Å². The van der Waals surface area contributed by atoms with Gasteiger partial charge in [-0.2, -0.15) is 9.97 Å². The molecule has 4 rings (SSSR count). The van der Waals surface area contributed by atoms with Gasteiger partial charge in [-0.05, 0) is 30.0 Å². The summed E-state index contributed by atoms with van der Waals surface area (Å²) in [5.41, 5.74) is 8.12. The molecule has 0 aliphatic rings. The summed E-state index contributed by atoms with van der Waals surface area (Å²) in [4.78, 5) is 13.0. The molecule has 2 aromatic carbocycles. The fourth-order valence-corrected chi connectivity index (χ4v) is 5.92. The Labute approximate surface area is 252 Å². The highest BCUT2D eigenvalue weighted by Crippen LogP contribution is 2.44. The van der Waals surface area contributed by atoms with Crippen molar-refractivity contribution in [2.45, 2.75) is 32.9 Å². The second-order valence-electron chi connectivity index (χ2n) is 10.4. The molecule has 0 saturated heterocycles. The van der Waals surface area contributed by atoms with Crippen LogP contribution in [0.2, 0.25) is 0 Å². The lowest BCUT2D eigenvalue weighted by molar-refractivity contribution is 0.152. The molecule has 11 nitrogen and oxygen atoms in total. The third kappa shape index (κ3) is 9.41. The zero-order valence-corrected chi connectivity index (χ0v) is 25.6. The molecule has 0 radical (unpaired) electrons. The van der Waals surface area contributed by atoms with Crippen molar-refractivity contribution >= 4 is 30.4 Å². The Kier molecular flexibility index (Phi) is 11.3. The van der Waals surface area contributed by atoms with Crippen LogP contribution in [0, 0.1) is 5.92 Å². The van der Waals surface area contributed by atoms with Crippen LogP contribution in [0.1, 0.15) is 19.4 Å². The number of nitrogens with zero attached hydrogens (tertiary/aromatic N) is 4. The number of nitrogen functional groups attached to an aromatic ring is 1. The van der Waals surface area contributed by atoms with Crippen LogP contribution in [0.25, 0.3) is 11.2 Å². The summed E-state index contributed by atoms with van der Waals surface area (Å²) in [5, 5.41) is 6.35. The number of rotatable bonds is 18. The highest BCUT2D eigenvalue weighted by atomic mass is 31.2. The van der Waals surface area contributed by atoms with E-state index < -0.39 is 13.6 Å². The Balaban J connectivity index is 1.49. The average molecular weight is 606 g/mol. The van der Waals surface area contributed by atoms with Gasteiger partial charge in [-0.25, -0.2) is 10.1 Å². The number of para-hydroxylation sites is 1. The number of nitrogens with two attached hydrogens (primary N) is 1. The Hall–Kier alpha value is -4.18. The van der Waals surface area contributed by atoms with E-state index in [9.17, 15) is 4.57 Å². The van der Waals surface area contributed by atoms with Gasteiger partial charge < -0.3 is 29.6 Å². The lowest BCUT2D eigenvalue weighted by Gasteiger charge is -2.28. The summed E-state index contributed by atoms with van der Waals surface area (Å²) in [6.07, 6.45) is 3.67. The first kappa shape index (κ1) is 31.7. The first-order chi connectivity index (χ1) is 20.8. The maximum atomic E-state index is 14.4. The monoisotopic (exact) mass is 605 g/mol. The third-order valence-corrected chi connectivity index (χ3v) is 7.99. The standard InChI is InChI=1S/C31H40N7O4P/c1-5-16-33-29-28-30(36-31(32)35-29)38(21-34-28)17-18-40-22-43(39,42-26-14-10-7-11-15-26)37-27(24(4)41-20-23(2)3)19-25-12-8-6-9-13-25/h5-15,21,23,27H,1,4,16-20,22H2,2-3H3,(H,37,39)(H3,32,33,35,36). The SMILES string of the molecule is C=CCNc1nc(N)nc2c1ncn2CCOCP(=O)(NC(Cc1ccccc1)C(=C)OCC(C)C)Oc1ccccc1. The summed E-state index contributed by atoms with van der Waals surface area (Å²) < 4.78 is 34.2. The highest BCUT2D eigenvalue weighted by Gasteiger charge is 2.31. The molecule has 0 aliphatic heterocycles. The van der Waals surface area contributed by atoms with Crippen LogP contribution in [-0.4, -0.2) is 51.7 Å². The van der Waals surface area contributed by atoms with Crippen molar-refractivity contribution in [2.24, 2.45) is 5.92 Å². The van der Waals surface area contributed by atoms with Crippen molar-refractivity contribution < 1.29 is 18.6 Å². The van der Waals surface area contributed by atoms with Crippen LogP contribution in [0.3, 0.4) is 0 Å². The lowest BCUT2D eigenvalue weighted by Crippen LogP contribution is -2.34. The molecule has 12 heteroatoms. The molecule has 2 aromatic heterocycles. The molecule has 0 spiro atoms. The summed E-state index contributed by atoms with van der Waals surface area (Å²) in [6.45, 7) is 13.6. The molecule has 2 atom stereocenters. The van der Waals surface area contributed by atoms with Gasteiger partial charge in [-0.1, -0.05) is 75.0 Å². The second kappa shape index (κ2) is 15.3. The number of imidazole rings is 1. The van der Waals surface area contributed by atoms with Gasteiger partial charge in [0, 0.05) is 13.1 Å². The van der Waals surface area contributed by atoms with Gasteiger partial charge in [0.05, 0.1) is 25.6 Å². The van der Waals surface area contributed by atoms with Gasteiger partial charge in [0.1, 0.15) is 17.9 Å². The van der Waals surface area contributed by atoms with E-state index in [0.717, 1.165) is 5.56 Å². The molecule has 4 aromatic rings.